The number of aromatic amines is 1. The lowest BCUT2D eigenvalue weighted by Crippen LogP contribution is -2.21. The zero-order valence-electron chi connectivity index (χ0n) is 10.8. The number of hydrogen-bond acceptors (Lipinski definition) is 1. The van der Waals surface area contributed by atoms with Gasteiger partial charge in [-0.3, -0.25) is 0 Å². The van der Waals surface area contributed by atoms with Crippen molar-refractivity contribution in [3.05, 3.63) is 42.1 Å². The Morgan fingerprint density at radius 3 is 2.89 bits per heavy atom. The van der Waals surface area contributed by atoms with Crippen molar-refractivity contribution in [2.45, 2.75) is 19.3 Å². The van der Waals surface area contributed by atoms with E-state index in [4.69, 9.17) is 0 Å². The number of hydrogen-bond donors (Lipinski definition) is 1. The molecular formula is C16H20N2. The largest absolute Gasteiger partial charge is 0.361 e. The molecule has 1 aliphatic heterocycles. The standard InChI is InChI=1S/C16H20N2/c1-2-13-5-6-16-15(11-13)14(12-17-16)7-10-18-8-3-4-9-18/h2,5-6,11-12,17H,1,3-4,7-10H2. The minimum absolute atomic E-state index is 1.14. The minimum Gasteiger partial charge on any atom is -0.361 e. The first-order valence-electron chi connectivity index (χ1n) is 6.81. The topological polar surface area (TPSA) is 19.0 Å². The van der Waals surface area contributed by atoms with Gasteiger partial charge < -0.3 is 9.88 Å². The molecule has 2 heteroatoms. The van der Waals surface area contributed by atoms with E-state index < -0.39 is 0 Å². The first-order chi connectivity index (χ1) is 8.86. The highest BCUT2D eigenvalue weighted by Gasteiger charge is 2.12. The molecule has 1 N–H and O–H groups in total. The normalized spacial score (nSPS) is 16.4. The fourth-order valence-electron chi connectivity index (χ4n) is 2.81. The van der Waals surface area contributed by atoms with E-state index in [0.29, 0.717) is 0 Å². The Morgan fingerprint density at radius 1 is 1.28 bits per heavy atom. The van der Waals surface area contributed by atoms with Gasteiger partial charge in [0.1, 0.15) is 0 Å². The van der Waals surface area contributed by atoms with Crippen molar-refractivity contribution in [1.29, 1.82) is 0 Å². The van der Waals surface area contributed by atoms with Crippen LogP contribution in [0.5, 0.6) is 0 Å². The predicted octanol–water partition coefficient (Wildman–Crippen LogP) is 3.45. The Bertz CT molecular complexity index is 547. The minimum atomic E-state index is 1.14. The molecule has 1 aromatic carbocycles. The summed E-state index contributed by atoms with van der Waals surface area (Å²) in [4.78, 5) is 5.93. The number of nitrogens with one attached hydrogen (secondary N) is 1. The highest BCUT2D eigenvalue weighted by Crippen LogP contribution is 2.21. The zero-order chi connectivity index (χ0) is 12.4. The van der Waals surface area contributed by atoms with Gasteiger partial charge in [0.25, 0.3) is 0 Å². The average molecular weight is 240 g/mol. The molecule has 0 atom stereocenters. The number of nitrogens with zero attached hydrogens (tertiary/aromatic N) is 1. The van der Waals surface area contributed by atoms with Gasteiger partial charge in [-0.25, -0.2) is 0 Å². The second-order valence-electron chi connectivity index (χ2n) is 5.12. The molecule has 1 saturated heterocycles. The lowest BCUT2D eigenvalue weighted by atomic mass is 10.1. The van der Waals surface area contributed by atoms with E-state index in [1.165, 1.54) is 54.5 Å². The summed E-state index contributed by atoms with van der Waals surface area (Å²) in [5.74, 6) is 0. The number of H-pyrrole nitrogens is 1. The van der Waals surface area contributed by atoms with Gasteiger partial charge in [0.15, 0.2) is 0 Å². The number of aromatic nitrogens is 1. The fraction of sp³-hybridized carbons (Fsp3) is 0.375. The number of rotatable bonds is 4. The molecule has 0 aliphatic carbocycles. The molecule has 18 heavy (non-hydrogen) atoms. The molecule has 94 valence electrons. The molecule has 0 amide bonds. The van der Waals surface area contributed by atoms with Crippen LogP contribution in [0, 0.1) is 0 Å². The Balaban J connectivity index is 1.80. The Labute approximate surface area is 108 Å². The van der Waals surface area contributed by atoms with Crippen LogP contribution in [0.1, 0.15) is 24.0 Å². The van der Waals surface area contributed by atoms with Crippen LogP contribution in [-0.4, -0.2) is 29.5 Å². The molecular weight excluding hydrogens is 220 g/mol. The van der Waals surface area contributed by atoms with Crippen LogP contribution in [0.25, 0.3) is 17.0 Å². The number of likely N-dealkylation sites (tertiary alicyclic amines) is 1. The van der Waals surface area contributed by atoms with E-state index in [1.807, 2.05) is 6.08 Å². The first kappa shape index (κ1) is 11.5. The molecule has 2 nitrogen and oxygen atoms in total. The lowest BCUT2D eigenvalue weighted by Gasteiger charge is -2.13. The third-order valence-electron chi connectivity index (χ3n) is 3.92. The van der Waals surface area contributed by atoms with E-state index in [1.54, 1.807) is 0 Å². The maximum absolute atomic E-state index is 3.84. The summed E-state index contributed by atoms with van der Waals surface area (Å²) >= 11 is 0. The van der Waals surface area contributed by atoms with Crippen molar-refractivity contribution in [2.75, 3.05) is 19.6 Å². The molecule has 2 heterocycles. The van der Waals surface area contributed by atoms with E-state index in [9.17, 15) is 0 Å². The summed E-state index contributed by atoms with van der Waals surface area (Å²) in [6.07, 6.45) is 7.95. The summed E-state index contributed by atoms with van der Waals surface area (Å²) in [5.41, 5.74) is 3.86. The SMILES string of the molecule is C=Cc1ccc2[nH]cc(CCN3CCCC3)c2c1. The van der Waals surface area contributed by atoms with Gasteiger partial charge in [0.05, 0.1) is 0 Å². The van der Waals surface area contributed by atoms with Gasteiger partial charge in [-0.1, -0.05) is 18.7 Å². The summed E-state index contributed by atoms with van der Waals surface area (Å²) < 4.78 is 0. The van der Waals surface area contributed by atoms with Crippen LogP contribution in [0.4, 0.5) is 0 Å². The Hall–Kier alpha value is -1.54. The van der Waals surface area contributed by atoms with E-state index >= 15 is 0 Å². The van der Waals surface area contributed by atoms with Crippen molar-refractivity contribution in [1.82, 2.24) is 9.88 Å². The Kier molecular flexibility index (Phi) is 3.20. The van der Waals surface area contributed by atoms with Crippen molar-refractivity contribution in [3.8, 4) is 0 Å². The summed E-state index contributed by atoms with van der Waals surface area (Å²) in [7, 11) is 0. The maximum Gasteiger partial charge on any atom is 0.0457 e. The first-order valence-corrected chi connectivity index (χ1v) is 6.81. The van der Waals surface area contributed by atoms with Crippen LogP contribution in [-0.2, 0) is 6.42 Å². The van der Waals surface area contributed by atoms with E-state index in [0.717, 1.165) is 6.42 Å². The molecule has 0 unspecified atom stereocenters. The lowest BCUT2D eigenvalue weighted by molar-refractivity contribution is 0.344. The van der Waals surface area contributed by atoms with Gasteiger partial charge in [-0.2, -0.15) is 0 Å². The molecule has 1 aliphatic rings. The van der Waals surface area contributed by atoms with Crippen molar-refractivity contribution in [3.63, 3.8) is 0 Å². The van der Waals surface area contributed by atoms with Gasteiger partial charge in [0, 0.05) is 23.6 Å². The fourth-order valence-corrected chi connectivity index (χ4v) is 2.81. The second-order valence-corrected chi connectivity index (χ2v) is 5.12. The quantitative estimate of drug-likeness (QED) is 0.867. The molecule has 0 radical (unpaired) electrons. The number of fused-ring (bicyclic) bond motifs is 1. The maximum atomic E-state index is 3.84. The summed E-state index contributed by atoms with van der Waals surface area (Å²) in [6, 6.07) is 6.49. The molecule has 3 rings (SSSR count). The van der Waals surface area contributed by atoms with Crippen molar-refractivity contribution in [2.24, 2.45) is 0 Å². The van der Waals surface area contributed by atoms with Crippen molar-refractivity contribution >= 4 is 17.0 Å². The molecule has 0 saturated carbocycles. The molecule has 1 fully saturated rings. The highest BCUT2D eigenvalue weighted by atomic mass is 15.1. The third kappa shape index (κ3) is 2.21. The summed E-state index contributed by atoms with van der Waals surface area (Å²) in [6.45, 7) is 7.58. The highest BCUT2D eigenvalue weighted by molar-refractivity contribution is 5.85. The van der Waals surface area contributed by atoms with E-state index in [-0.39, 0.29) is 0 Å². The van der Waals surface area contributed by atoms with Gasteiger partial charge in [-0.05, 0) is 55.6 Å². The van der Waals surface area contributed by atoms with Crippen LogP contribution >= 0.6 is 0 Å². The van der Waals surface area contributed by atoms with Gasteiger partial charge in [0.2, 0.25) is 0 Å². The molecule has 0 spiro atoms. The van der Waals surface area contributed by atoms with Crippen LogP contribution < -0.4 is 0 Å². The smallest absolute Gasteiger partial charge is 0.0457 e. The molecule has 2 aromatic rings. The third-order valence-corrected chi connectivity index (χ3v) is 3.92. The van der Waals surface area contributed by atoms with Crippen LogP contribution in [0.15, 0.2) is 31.0 Å². The summed E-state index contributed by atoms with van der Waals surface area (Å²) in [5, 5.41) is 1.35. The zero-order valence-corrected chi connectivity index (χ0v) is 10.8. The van der Waals surface area contributed by atoms with Crippen LogP contribution in [0.3, 0.4) is 0 Å². The van der Waals surface area contributed by atoms with E-state index in [2.05, 4.69) is 40.9 Å². The molecule has 1 aromatic heterocycles. The predicted molar refractivity (Wildman–Crippen MR) is 77.8 cm³/mol. The van der Waals surface area contributed by atoms with Crippen LogP contribution in [0.2, 0.25) is 0 Å². The van der Waals surface area contributed by atoms with Gasteiger partial charge >= 0.3 is 0 Å². The monoisotopic (exact) mass is 240 g/mol. The van der Waals surface area contributed by atoms with Crippen molar-refractivity contribution < 1.29 is 0 Å². The number of benzene rings is 1. The molecule has 0 bridgehead atoms. The van der Waals surface area contributed by atoms with Gasteiger partial charge in [-0.15, -0.1) is 0 Å². The Morgan fingerprint density at radius 2 is 2.11 bits per heavy atom. The average Bonchev–Trinajstić information content (AvgIpc) is 3.05. The second kappa shape index (κ2) is 4.99.